The minimum atomic E-state index is -3.00. The van der Waals surface area contributed by atoms with Crippen molar-refractivity contribution < 1.29 is 13.2 Å². The van der Waals surface area contributed by atoms with Crippen LogP contribution in [-0.2, 0) is 20.2 Å². The lowest BCUT2D eigenvalue weighted by Gasteiger charge is -2.25. The average Bonchev–Trinajstić information content (AvgIpc) is 3.24. The highest BCUT2D eigenvalue weighted by Gasteiger charge is 2.44. The van der Waals surface area contributed by atoms with E-state index in [-0.39, 0.29) is 35.5 Å². The number of carbonyl (C=O) groups is 1. The largest absolute Gasteiger partial charge is 0.341 e. The number of nitrogens with zero attached hydrogens (tertiary/aromatic N) is 1. The number of amides is 1. The van der Waals surface area contributed by atoms with Gasteiger partial charge in [0.2, 0.25) is 5.91 Å². The number of nitrogens with one attached hydrogen (secondary N) is 1. The third-order valence-corrected chi connectivity index (χ3v) is 7.44. The molecule has 1 N–H and O–H groups in total. The molecule has 3 rings (SSSR count). The summed E-state index contributed by atoms with van der Waals surface area (Å²) in [5.74, 6) is 0.131. The van der Waals surface area contributed by atoms with Gasteiger partial charge in [-0.1, -0.05) is 29.3 Å². The van der Waals surface area contributed by atoms with Crippen LogP contribution in [0.4, 0.5) is 0 Å². The number of benzene rings is 1. The van der Waals surface area contributed by atoms with Gasteiger partial charge in [0.15, 0.2) is 9.84 Å². The van der Waals surface area contributed by atoms with E-state index in [4.69, 9.17) is 23.2 Å². The molecule has 1 unspecified atom stereocenters. The Bertz CT molecular complexity index is 763. The monoisotopic (exact) mass is 390 g/mol. The van der Waals surface area contributed by atoms with E-state index < -0.39 is 9.84 Å². The van der Waals surface area contributed by atoms with Crippen LogP contribution in [0.15, 0.2) is 18.2 Å². The number of halogens is 2. The molecule has 1 amide bonds. The van der Waals surface area contributed by atoms with E-state index in [9.17, 15) is 13.2 Å². The molecule has 1 aromatic rings. The topological polar surface area (TPSA) is 66.5 Å². The summed E-state index contributed by atoms with van der Waals surface area (Å²) in [6, 6.07) is 5.30. The molecule has 1 aliphatic heterocycles. The van der Waals surface area contributed by atoms with Crippen LogP contribution in [0.5, 0.6) is 0 Å². The molecule has 24 heavy (non-hydrogen) atoms. The summed E-state index contributed by atoms with van der Waals surface area (Å²) in [7, 11) is -1.32. The summed E-state index contributed by atoms with van der Waals surface area (Å²) >= 11 is 12.0. The first-order valence-electron chi connectivity index (χ1n) is 7.89. The minimum Gasteiger partial charge on any atom is -0.341 e. The number of hydrogen-bond donors (Lipinski definition) is 1. The Morgan fingerprint density at radius 1 is 1.33 bits per heavy atom. The van der Waals surface area contributed by atoms with Crippen LogP contribution in [0.3, 0.4) is 0 Å². The van der Waals surface area contributed by atoms with Crippen LogP contribution >= 0.6 is 23.2 Å². The zero-order valence-electron chi connectivity index (χ0n) is 13.4. The molecule has 0 spiro atoms. The molecule has 8 heteroatoms. The molecular weight excluding hydrogens is 371 g/mol. The fraction of sp³-hybridized carbons (Fsp3) is 0.562. The predicted octanol–water partition coefficient (Wildman–Crippen LogP) is 2.22. The van der Waals surface area contributed by atoms with E-state index in [0.717, 1.165) is 18.4 Å². The van der Waals surface area contributed by atoms with Crippen molar-refractivity contribution in [3.63, 3.8) is 0 Å². The molecule has 1 atom stereocenters. The van der Waals surface area contributed by atoms with Crippen LogP contribution in [0, 0.1) is 0 Å². The second-order valence-corrected chi connectivity index (χ2v) is 9.67. The van der Waals surface area contributed by atoms with Gasteiger partial charge in [-0.15, -0.1) is 0 Å². The zero-order chi connectivity index (χ0) is 17.5. The van der Waals surface area contributed by atoms with Crippen molar-refractivity contribution in [2.24, 2.45) is 0 Å². The first-order chi connectivity index (χ1) is 11.2. The van der Waals surface area contributed by atoms with Crippen LogP contribution in [0.1, 0.15) is 24.8 Å². The number of sulfone groups is 1. The van der Waals surface area contributed by atoms with E-state index in [1.807, 2.05) is 12.1 Å². The summed E-state index contributed by atoms with van der Waals surface area (Å²) in [6.45, 7) is 0.174. The lowest BCUT2D eigenvalue weighted by atomic mass is 10.0. The smallest absolute Gasteiger partial charge is 0.236 e. The first-order valence-corrected chi connectivity index (χ1v) is 10.5. The molecule has 1 aromatic carbocycles. The van der Waals surface area contributed by atoms with Gasteiger partial charge in [0.1, 0.15) is 0 Å². The van der Waals surface area contributed by atoms with Crippen LogP contribution in [0.2, 0.25) is 10.0 Å². The SMILES string of the molecule is CN(C(=O)CNC1(c2ccc(Cl)c(Cl)c2)CC1)C1CCS(=O)(=O)C1. The van der Waals surface area contributed by atoms with Gasteiger partial charge in [0, 0.05) is 18.6 Å². The first kappa shape index (κ1) is 18.0. The third-order valence-electron chi connectivity index (χ3n) is 4.95. The van der Waals surface area contributed by atoms with Crippen LogP contribution < -0.4 is 5.32 Å². The lowest BCUT2D eigenvalue weighted by Crippen LogP contribution is -2.44. The van der Waals surface area contributed by atoms with Crippen molar-refractivity contribution in [2.75, 3.05) is 25.1 Å². The minimum absolute atomic E-state index is 0.0627. The summed E-state index contributed by atoms with van der Waals surface area (Å²) in [5.41, 5.74) is 0.794. The predicted molar refractivity (Wildman–Crippen MR) is 95.2 cm³/mol. The van der Waals surface area contributed by atoms with Gasteiger partial charge in [0.05, 0.1) is 28.1 Å². The maximum Gasteiger partial charge on any atom is 0.236 e. The van der Waals surface area contributed by atoms with Gasteiger partial charge in [-0.25, -0.2) is 8.42 Å². The Hall–Kier alpha value is -0.820. The van der Waals surface area contributed by atoms with Crippen molar-refractivity contribution in [1.29, 1.82) is 0 Å². The zero-order valence-corrected chi connectivity index (χ0v) is 15.7. The fourth-order valence-corrected chi connectivity index (χ4v) is 5.21. The number of rotatable bonds is 5. The summed E-state index contributed by atoms with van der Waals surface area (Å²) < 4.78 is 23.1. The second kappa shape index (κ2) is 6.48. The standard InChI is InChI=1S/C16H20Cl2N2O3S/c1-20(12-4-7-24(22,23)10-12)15(21)9-19-16(5-6-16)11-2-3-13(17)14(18)8-11/h2-3,8,12,19H,4-7,9-10H2,1H3. The van der Waals surface area contributed by atoms with Gasteiger partial charge < -0.3 is 4.90 Å². The Morgan fingerprint density at radius 2 is 2.04 bits per heavy atom. The number of carbonyl (C=O) groups excluding carboxylic acids is 1. The van der Waals surface area contributed by atoms with E-state index in [1.54, 1.807) is 18.0 Å². The normalized spacial score (nSPS) is 23.9. The van der Waals surface area contributed by atoms with Crippen molar-refractivity contribution in [2.45, 2.75) is 30.8 Å². The van der Waals surface area contributed by atoms with E-state index in [1.165, 1.54) is 0 Å². The summed E-state index contributed by atoms with van der Waals surface area (Å²) in [6.07, 6.45) is 2.38. The lowest BCUT2D eigenvalue weighted by molar-refractivity contribution is -0.130. The van der Waals surface area contributed by atoms with Gasteiger partial charge >= 0.3 is 0 Å². The van der Waals surface area contributed by atoms with E-state index >= 15 is 0 Å². The van der Waals surface area contributed by atoms with E-state index in [2.05, 4.69) is 5.32 Å². The molecule has 1 saturated carbocycles. The molecule has 1 saturated heterocycles. The van der Waals surface area contributed by atoms with Crippen molar-refractivity contribution >= 4 is 38.9 Å². The van der Waals surface area contributed by atoms with Gasteiger partial charge in [-0.2, -0.15) is 0 Å². The van der Waals surface area contributed by atoms with Gasteiger partial charge in [0.25, 0.3) is 0 Å². The van der Waals surface area contributed by atoms with Crippen molar-refractivity contribution in [1.82, 2.24) is 10.2 Å². The molecule has 1 aliphatic carbocycles. The third kappa shape index (κ3) is 3.72. The summed E-state index contributed by atoms with van der Waals surface area (Å²) in [4.78, 5) is 13.9. The number of likely N-dealkylation sites (N-methyl/N-ethyl adjacent to an activating group) is 1. The Kier molecular flexibility index (Phi) is 4.86. The highest BCUT2D eigenvalue weighted by atomic mass is 35.5. The maximum atomic E-state index is 12.4. The quantitative estimate of drug-likeness (QED) is 0.836. The van der Waals surface area contributed by atoms with E-state index in [0.29, 0.717) is 16.5 Å². The highest BCUT2D eigenvalue weighted by Crippen LogP contribution is 2.46. The van der Waals surface area contributed by atoms with Crippen LogP contribution in [-0.4, -0.2) is 50.4 Å². The summed E-state index contributed by atoms with van der Waals surface area (Å²) in [5, 5.41) is 4.33. The van der Waals surface area contributed by atoms with Gasteiger partial charge in [-0.3, -0.25) is 10.1 Å². The van der Waals surface area contributed by atoms with Crippen LogP contribution in [0.25, 0.3) is 0 Å². The highest BCUT2D eigenvalue weighted by molar-refractivity contribution is 7.91. The maximum absolute atomic E-state index is 12.4. The average molecular weight is 391 g/mol. The molecule has 0 radical (unpaired) electrons. The molecular formula is C16H20Cl2N2O3S. The Labute approximate surface area is 152 Å². The molecule has 132 valence electrons. The van der Waals surface area contributed by atoms with Crippen molar-refractivity contribution in [3.05, 3.63) is 33.8 Å². The van der Waals surface area contributed by atoms with Crippen molar-refractivity contribution in [3.8, 4) is 0 Å². The molecule has 0 aromatic heterocycles. The Balaban J connectivity index is 1.60. The number of hydrogen-bond acceptors (Lipinski definition) is 4. The Morgan fingerprint density at radius 3 is 2.58 bits per heavy atom. The van der Waals surface area contributed by atoms with Gasteiger partial charge in [-0.05, 0) is 37.0 Å². The molecule has 2 fully saturated rings. The second-order valence-electron chi connectivity index (χ2n) is 6.63. The molecule has 0 bridgehead atoms. The molecule has 1 heterocycles. The molecule has 5 nitrogen and oxygen atoms in total. The fourth-order valence-electron chi connectivity index (χ4n) is 3.14. The molecule has 2 aliphatic rings.